The summed E-state index contributed by atoms with van der Waals surface area (Å²) in [6, 6.07) is 33.5. The zero-order valence-electron chi connectivity index (χ0n) is 33.5. The molecule has 0 radical (unpaired) electrons. The molecule has 3 amide bonds. The standard InChI is InChI=1S/C45H41F3N4O8S/c1-44(2,3)59-43(55)49-26-33-23-29-15-11-12-16-30(29)27-50(33)41(53)35-24-40(60-61(56,57)45(46,47)48)39(58-4)25-38(35)51-28-36(34-21-13-14-22-37(34)51)42(54)52(31-17-7-5-8-18-31)32-19-9-6-10-20-32/h5-22,24-25,28,33H,23,26-27H2,1-4H3,(H,49,55)/t33-/m0/s1. The third-order valence-electron chi connectivity index (χ3n) is 9.93. The summed E-state index contributed by atoms with van der Waals surface area (Å²) in [6.07, 6.45) is 1.06. The smallest absolute Gasteiger partial charge is 0.493 e. The lowest BCUT2D eigenvalue weighted by Gasteiger charge is -2.37. The van der Waals surface area contributed by atoms with Gasteiger partial charge in [0.1, 0.15) is 5.60 Å². The number of carbonyl (C=O) groups excluding carboxylic acids is 3. The number of nitrogens with zero attached hydrogens (tertiary/aromatic N) is 3. The second-order valence-corrected chi connectivity index (χ2v) is 16.7. The van der Waals surface area contributed by atoms with Crippen LogP contribution < -0.4 is 19.1 Å². The number of hydrogen-bond donors (Lipinski definition) is 1. The molecule has 7 rings (SSSR count). The van der Waals surface area contributed by atoms with Gasteiger partial charge in [-0.25, -0.2) is 4.79 Å². The average Bonchev–Trinajstić information content (AvgIpc) is 3.61. The quantitative estimate of drug-likeness (QED) is 0.107. The van der Waals surface area contributed by atoms with Crippen LogP contribution in [0.3, 0.4) is 0 Å². The molecule has 0 unspecified atom stereocenters. The number of amides is 3. The van der Waals surface area contributed by atoms with Gasteiger partial charge >= 0.3 is 21.7 Å². The van der Waals surface area contributed by atoms with Gasteiger partial charge in [0.05, 0.1) is 35.5 Å². The van der Waals surface area contributed by atoms with E-state index < -0.39 is 56.7 Å². The minimum Gasteiger partial charge on any atom is -0.493 e. The van der Waals surface area contributed by atoms with Crippen LogP contribution in [0, 0.1) is 0 Å². The SMILES string of the molecule is COc1cc(-n2cc(C(=O)N(c3ccccc3)c3ccccc3)c3ccccc32)c(C(=O)N2Cc3ccccc3C[C@H]2CNC(=O)OC(C)(C)C)cc1OS(=O)(=O)C(F)(F)F. The monoisotopic (exact) mass is 854 g/mol. The van der Waals surface area contributed by atoms with Gasteiger partial charge in [-0.2, -0.15) is 21.6 Å². The average molecular weight is 855 g/mol. The van der Waals surface area contributed by atoms with Gasteiger partial charge in [-0.1, -0.05) is 78.9 Å². The molecular formula is C45H41F3N4O8S. The summed E-state index contributed by atoms with van der Waals surface area (Å²) >= 11 is 0. The number of fused-ring (bicyclic) bond motifs is 2. The van der Waals surface area contributed by atoms with Crippen LogP contribution in [0.2, 0.25) is 0 Å². The number of ether oxygens (including phenoxy) is 2. The van der Waals surface area contributed by atoms with Crippen LogP contribution in [0.5, 0.6) is 11.5 Å². The van der Waals surface area contributed by atoms with Gasteiger partial charge in [0.2, 0.25) is 0 Å². The minimum absolute atomic E-state index is 0.0114. The lowest BCUT2D eigenvalue weighted by atomic mass is 9.93. The molecular weight excluding hydrogens is 814 g/mol. The highest BCUT2D eigenvalue weighted by atomic mass is 32.2. The van der Waals surface area contributed by atoms with Crippen molar-refractivity contribution in [2.75, 3.05) is 18.6 Å². The number of halogens is 3. The summed E-state index contributed by atoms with van der Waals surface area (Å²) in [5.41, 5.74) is -3.47. The molecule has 316 valence electrons. The van der Waals surface area contributed by atoms with Crippen LogP contribution in [-0.4, -0.2) is 66.6 Å². The van der Waals surface area contributed by atoms with Crippen molar-refractivity contribution in [3.63, 3.8) is 0 Å². The van der Waals surface area contributed by atoms with Crippen LogP contribution in [0.25, 0.3) is 16.6 Å². The molecule has 1 atom stereocenters. The fourth-order valence-corrected chi connectivity index (χ4v) is 7.66. The number of methoxy groups -OCH3 is 1. The number of anilines is 2. The lowest BCUT2D eigenvalue weighted by molar-refractivity contribution is -0.0500. The largest absolute Gasteiger partial charge is 0.534 e. The number of alkyl carbamates (subject to hydrolysis) is 1. The van der Waals surface area contributed by atoms with Crippen LogP contribution in [0.1, 0.15) is 52.6 Å². The van der Waals surface area contributed by atoms with E-state index in [1.165, 1.54) is 26.6 Å². The Kier molecular flexibility index (Phi) is 11.6. The third-order valence-corrected chi connectivity index (χ3v) is 10.9. The summed E-state index contributed by atoms with van der Waals surface area (Å²) < 4.78 is 83.1. The van der Waals surface area contributed by atoms with Crippen molar-refractivity contribution in [2.45, 2.75) is 50.9 Å². The Labute approximate surface area is 350 Å². The Morgan fingerprint density at radius 3 is 1.98 bits per heavy atom. The molecule has 16 heteroatoms. The van der Waals surface area contributed by atoms with Gasteiger partial charge in [0, 0.05) is 48.2 Å². The molecule has 12 nitrogen and oxygen atoms in total. The maximum atomic E-state index is 15.2. The van der Waals surface area contributed by atoms with Crippen molar-refractivity contribution in [3.05, 3.63) is 150 Å². The molecule has 0 fully saturated rings. The molecule has 5 aromatic carbocycles. The fourth-order valence-electron chi connectivity index (χ4n) is 7.20. The highest BCUT2D eigenvalue weighted by Gasteiger charge is 2.49. The predicted molar refractivity (Wildman–Crippen MR) is 223 cm³/mol. The van der Waals surface area contributed by atoms with Gasteiger partial charge in [0.25, 0.3) is 11.8 Å². The topological polar surface area (TPSA) is 136 Å². The van der Waals surface area contributed by atoms with Crippen molar-refractivity contribution in [1.82, 2.24) is 14.8 Å². The minimum atomic E-state index is -6.24. The first-order chi connectivity index (χ1) is 29.0. The number of nitrogens with one attached hydrogen (secondary N) is 1. The summed E-state index contributed by atoms with van der Waals surface area (Å²) in [7, 11) is -5.13. The second kappa shape index (κ2) is 16.7. The van der Waals surface area contributed by atoms with Crippen LogP contribution in [-0.2, 0) is 27.8 Å². The molecule has 2 heterocycles. The number of aromatic nitrogens is 1. The fraction of sp³-hybridized carbons (Fsp3) is 0.222. The molecule has 0 bridgehead atoms. The maximum absolute atomic E-state index is 15.2. The molecule has 0 spiro atoms. The zero-order valence-corrected chi connectivity index (χ0v) is 34.3. The number of para-hydroxylation sites is 3. The molecule has 1 aliphatic heterocycles. The molecule has 0 aliphatic carbocycles. The van der Waals surface area contributed by atoms with Crippen molar-refractivity contribution in [3.8, 4) is 17.2 Å². The van der Waals surface area contributed by atoms with Crippen molar-refractivity contribution < 1.29 is 49.6 Å². The molecule has 0 saturated heterocycles. The first-order valence-electron chi connectivity index (χ1n) is 19.1. The van der Waals surface area contributed by atoms with E-state index in [2.05, 4.69) is 9.50 Å². The Hall–Kier alpha value is -6.81. The number of hydrogen-bond acceptors (Lipinski definition) is 8. The highest BCUT2D eigenvalue weighted by Crippen LogP contribution is 2.40. The van der Waals surface area contributed by atoms with Crippen LogP contribution >= 0.6 is 0 Å². The Balaban J connectivity index is 1.41. The normalized spacial score (nSPS) is 14.2. The predicted octanol–water partition coefficient (Wildman–Crippen LogP) is 8.94. The van der Waals surface area contributed by atoms with Gasteiger partial charge in [0.15, 0.2) is 11.5 Å². The summed E-state index contributed by atoms with van der Waals surface area (Å²) in [5, 5.41) is 3.19. The second-order valence-electron chi connectivity index (χ2n) is 15.2. The van der Waals surface area contributed by atoms with E-state index in [0.29, 0.717) is 22.3 Å². The number of benzene rings is 5. The Morgan fingerprint density at radius 2 is 1.38 bits per heavy atom. The summed E-state index contributed by atoms with van der Waals surface area (Å²) in [6.45, 7) is 5.04. The number of rotatable bonds is 10. The van der Waals surface area contributed by atoms with Crippen molar-refractivity contribution in [1.29, 1.82) is 0 Å². The van der Waals surface area contributed by atoms with E-state index >= 15 is 4.79 Å². The Morgan fingerprint density at radius 1 is 0.787 bits per heavy atom. The molecule has 1 N–H and O–H groups in total. The first-order valence-corrected chi connectivity index (χ1v) is 20.5. The summed E-state index contributed by atoms with van der Waals surface area (Å²) in [4.78, 5) is 45.8. The first kappa shape index (κ1) is 42.3. The molecule has 1 aliphatic rings. The number of alkyl halides is 3. The van der Waals surface area contributed by atoms with Crippen molar-refractivity contribution >= 4 is 50.3 Å². The van der Waals surface area contributed by atoms with Crippen LogP contribution in [0.15, 0.2) is 128 Å². The van der Waals surface area contributed by atoms with Crippen molar-refractivity contribution in [2.24, 2.45) is 0 Å². The van der Waals surface area contributed by atoms with E-state index in [9.17, 15) is 31.2 Å². The summed E-state index contributed by atoms with van der Waals surface area (Å²) in [5.74, 6) is -2.55. The van der Waals surface area contributed by atoms with E-state index in [1.807, 2.05) is 30.3 Å². The zero-order chi connectivity index (χ0) is 43.7. The van der Waals surface area contributed by atoms with E-state index in [4.69, 9.17) is 9.47 Å². The van der Waals surface area contributed by atoms with Crippen LogP contribution in [0.4, 0.5) is 29.3 Å². The van der Waals surface area contributed by atoms with E-state index in [1.54, 1.807) is 99.6 Å². The van der Waals surface area contributed by atoms with E-state index in [-0.39, 0.29) is 36.3 Å². The molecule has 0 saturated carbocycles. The molecule has 1 aromatic heterocycles. The lowest BCUT2D eigenvalue weighted by Crippen LogP contribution is -2.50. The van der Waals surface area contributed by atoms with Gasteiger partial charge in [-0.15, -0.1) is 0 Å². The number of carbonyl (C=O) groups is 3. The molecule has 6 aromatic rings. The van der Waals surface area contributed by atoms with E-state index in [0.717, 1.165) is 24.3 Å². The maximum Gasteiger partial charge on any atom is 0.534 e. The highest BCUT2D eigenvalue weighted by molar-refractivity contribution is 7.88. The van der Waals surface area contributed by atoms with Gasteiger partial charge in [-0.3, -0.25) is 14.5 Å². The van der Waals surface area contributed by atoms with Gasteiger partial charge in [-0.05, 0) is 68.7 Å². The molecule has 61 heavy (non-hydrogen) atoms. The Bertz CT molecular complexity index is 2680. The third kappa shape index (κ3) is 8.89. The van der Waals surface area contributed by atoms with Gasteiger partial charge < -0.3 is 28.4 Å².